The molecule has 1 N–H and O–H groups in total. The average Bonchev–Trinajstić information content (AvgIpc) is 2.64. The molecule has 5 nitrogen and oxygen atoms in total. The van der Waals surface area contributed by atoms with E-state index in [4.69, 9.17) is 16.3 Å². The molecule has 1 aliphatic heterocycles. The summed E-state index contributed by atoms with van der Waals surface area (Å²) in [6.07, 6.45) is 3.22. The number of hydrogen-bond donors (Lipinski definition) is 1. The maximum absolute atomic E-state index is 12.7. The molecule has 0 saturated carbocycles. The molecular weight excluding hydrogens is 418 g/mol. The van der Waals surface area contributed by atoms with Crippen molar-refractivity contribution in [3.8, 4) is 5.75 Å². The van der Waals surface area contributed by atoms with Gasteiger partial charge in [-0.25, -0.2) is 4.98 Å². The van der Waals surface area contributed by atoms with E-state index in [9.17, 15) is 4.79 Å². The molecule has 0 atom stereocenters. The third-order valence-electron chi connectivity index (χ3n) is 4.63. The van der Waals surface area contributed by atoms with Crippen molar-refractivity contribution >= 4 is 44.9 Å². The molecule has 1 aromatic heterocycles. The Morgan fingerprint density at radius 1 is 1.35 bits per heavy atom. The molecular formula is C19H21BrClN3O2. The Labute approximate surface area is 166 Å². The third kappa shape index (κ3) is 4.30. The Morgan fingerprint density at radius 2 is 2.08 bits per heavy atom. The molecule has 1 amide bonds. The second kappa shape index (κ2) is 8.27. The van der Waals surface area contributed by atoms with Crippen molar-refractivity contribution in [2.45, 2.75) is 19.8 Å². The predicted octanol–water partition coefficient (Wildman–Crippen LogP) is 4.67. The van der Waals surface area contributed by atoms with Crippen LogP contribution in [0.15, 0.2) is 34.9 Å². The van der Waals surface area contributed by atoms with Crippen molar-refractivity contribution in [1.82, 2.24) is 4.98 Å². The first-order chi connectivity index (χ1) is 12.5. The van der Waals surface area contributed by atoms with E-state index in [2.05, 4.69) is 31.1 Å². The molecule has 0 unspecified atom stereocenters. The van der Waals surface area contributed by atoms with Gasteiger partial charge in [-0.1, -0.05) is 27.5 Å². The van der Waals surface area contributed by atoms with Gasteiger partial charge in [0.25, 0.3) is 0 Å². The standard InChI is InChI=1S/C19H21BrClN3O2/c1-12-9-14(20)10-16(26-2)18(12)23-19(25)13-5-7-24(8-6-13)17-4-3-15(21)11-22-17/h3-4,9-11,13H,5-8H2,1-2H3,(H,23,25). The topological polar surface area (TPSA) is 54.5 Å². The highest BCUT2D eigenvalue weighted by Gasteiger charge is 2.26. The van der Waals surface area contributed by atoms with Crippen molar-refractivity contribution in [2.75, 3.05) is 30.4 Å². The summed E-state index contributed by atoms with van der Waals surface area (Å²) in [4.78, 5) is 19.3. The van der Waals surface area contributed by atoms with Crippen LogP contribution in [0.2, 0.25) is 5.02 Å². The lowest BCUT2D eigenvalue weighted by Crippen LogP contribution is -2.38. The number of aromatic nitrogens is 1. The summed E-state index contributed by atoms with van der Waals surface area (Å²) in [7, 11) is 1.61. The fourth-order valence-corrected chi connectivity index (χ4v) is 3.85. The van der Waals surface area contributed by atoms with Crippen LogP contribution in [0.25, 0.3) is 0 Å². The van der Waals surface area contributed by atoms with Gasteiger partial charge in [0.05, 0.1) is 17.8 Å². The maximum Gasteiger partial charge on any atom is 0.227 e. The number of hydrogen-bond acceptors (Lipinski definition) is 4. The van der Waals surface area contributed by atoms with Gasteiger partial charge in [-0.15, -0.1) is 0 Å². The number of nitrogens with one attached hydrogen (secondary N) is 1. The van der Waals surface area contributed by atoms with E-state index in [0.717, 1.165) is 47.5 Å². The van der Waals surface area contributed by atoms with E-state index in [1.54, 1.807) is 13.3 Å². The smallest absolute Gasteiger partial charge is 0.227 e. The van der Waals surface area contributed by atoms with Crippen molar-refractivity contribution in [1.29, 1.82) is 0 Å². The summed E-state index contributed by atoms with van der Waals surface area (Å²) in [6.45, 7) is 3.55. The summed E-state index contributed by atoms with van der Waals surface area (Å²) in [6, 6.07) is 7.58. The van der Waals surface area contributed by atoms with Crippen LogP contribution in [-0.4, -0.2) is 31.1 Å². The Hall–Kier alpha value is -1.79. The summed E-state index contributed by atoms with van der Waals surface area (Å²) < 4.78 is 6.33. The van der Waals surface area contributed by atoms with Crippen LogP contribution in [0.3, 0.4) is 0 Å². The quantitative estimate of drug-likeness (QED) is 0.754. The first kappa shape index (κ1) is 19.0. The number of amides is 1. The first-order valence-corrected chi connectivity index (χ1v) is 9.66. The van der Waals surface area contributed by atoms with Crippen molar-refractivity contribution in [3.05, 3.63) is 45.5 Å². The fraction of sp³-hybridized carbons (Fsp3) is 0.368. The number of carbonyl (C=O) groups excluding carboxylic acids is 1. The molecule has 26 heavy (non-hydrogen) atoms. The zero-order chi connectivity index (χ0) is 18.7. The van der Waals surface area contributed by atoms with Crippen LogP contribution < -0.4 is 15.0 Å². The highest BCUT2D eigenvalue weighted by Crippen LogP contribution is 2.33. The van der Waals surface area contributed by atoms with Gasteiger partial charge in [0.1, 0.15) is 11.6 Å². The van der Waals surface area contributed by atoms with Crippen LogP contribution in [0, 0.1) is 12.8 Å². The molecule has 7 heteroatoms. The number of ether oxygens (including phenoxy) is 1. The van der Waals surface area contributed by atoms with E-state index >= 15 is 0 Å². The minimum absolute atomic E-state index is 0.0219. The lowest BCUT2D eigenvalue weighted by atomic mass is 9.95. The first-order valence-electron chi connectivity index (χ1n) is 8.49. The normalized spacial score (nSPS) is 15.0. The predicted molar refractivity (Wildman–Crippen MR) is 108 cm³/mol. The summed E-state index contributed by atoms with van der Waals surface area (Å²) in [5, 5.41) is 3.68. The van der Waals surface area contributed by atoms with Crippen LogP contribution in [0.4, 0.5) is 11.5 Å². The molecule has 1 saturated heterocycles. The molecule has 3 rings (SSSR count). The van der Waals surface area contributed by atoms with Gasteiger partial charge in [-0.05, 0) is 49.6 Å². The van der Waals surface area contributed by atoms with Crippen LogP contribution in [0.5, 0.6) is 5.75 Å². The number of rotatable bonds is 4. The van der Waals surface area contributed by atoms with Gasteiger partial charge >= 0.3 is 0 Å². The number of benzene rings is 1. The number of methoxy groups -OCH3 is 1. The molecule has 0 spiro atoms. The molecule has 0 radical (unpaired) electrons. The molecule has 0 bridgehead atoms. The number of piperidine rings is 1. The molecule has 2 heterocycles. The van der Waals surface area contributed by atoms with Crippen LogP contribution in [0.1, 0.15) is 18.4 Å². The van der Waals surface area contributed by atoms with E-state index in [1.807, 2.05) is 31.2 Å². The van der Waals surface area contributed by atoms with Gasteiger partial charge in [-0.2, -0.15) is 0 Å². The second-order valence-corrected chi connectivity index (χ2v) is 7.74. The van der Waals surface area contributed by atoms with Crippen molar-refractivity contribution in [3.63, 3.8) is 0 Å². The lowest BCUT2D eigenvalue weighted by Gasteiger charge is -2.32. The fourth-order valence-electron chi connectivity index (χ4n) is 3.18. The van der Waals surface area contributed by atoms with Gasteiger partial charge in [0.2, 0.25) is 5.91 Å². The number of pyridine rings is 1. The van der Waals surface area contributed by atoms with Crippen molar-refractivity contribution in [2.24, 2.45) is 5.92 Å². The molecule has 1 fully saturated rings. The minimum Gasteiger partial charge on any atom is -0.495 e. The maximum atomic E-state index is 12.7. The lowest BCUT2D eigenvalue weighted by molar-refractivity contribution is -0.120. The van der Waals surface area contributed by atoms with Gasteiger partial charge < -0.3 is 15.0 Å². The monoisotopic (exact) mass is 437 g/mol. The van der Waals surface area contributed by atoms with Crippen LogP contribution >= 0.6 is 27.5 Å². The van der Waals surface area contributed by atoms with E-state index in [0.29, 0.717) is 10.8 Å². The largest absolute Gasteiger partial charge is 0.495 e. The summed E-state index contributed by atoms with van der Waals surface area (Å²) >= 11 is 9.34. The molecule has 0 aliphatic carbocycles. The van der Waals surface area contributed by atoms with Crippen molar-refractivity contribution < 1.29 is 9.53 Å². The van der Waals surface area contributed by atoms with E-state index in [-0.39, 0.29) is 11.8 Å². The Morgan fingerprint density at radius 3 is 2.69 bits per heavy atom. The Bertz CT molecular complexity index is 790. The SMILES string of the molecule is COc1cc(Br)cc(C)c1NC(=O)C1CCN(c2ccc(Cl)cn2)CC1. The number of nitrogens with zero attached hydrogens (tertiary/aromatic N) is 2. The number of carbonyl (C=O) groups is 1. The minimum atomic E-state index is -0.0219. The molecule has 2 aromatic rings. The van der Waals surface area contributed by atoms with Gasteiger partial charge in [0.15, 0.2) is 0 Å². The zero-order valence-electron chi connectivity index (χ0n) is 14.8. The zero-order valence-corrected chi connectivity index (χ0v) is 17.1. The summed E-state index contributed by atoms with van der Waals surface area (Å²) in [5.41, 5.74) is 1.70. The Kier molecular flexibility index (Phi) is 6.04. The molecule has 1 aliphatic rings. The second-order valence-electron chi connectivity index (χ2n) is 6.39. The summed E-state index contributed by atoms with van der Waals surface area (Å²) in [5.74, 6) is 1.58. The number of halogens is 2. The third-order valence-corrected chi connectivity index (χ3v) is 5.32. The van der Waals surface area contributed by atoms with E-state index < -0.39 is 0 Å². The average molecular weight is 439 g/mol. The number of anilines is 2. The highest BCUT2D eigenvalue weighted by atomic mass is 79.9. The Balaban J connectivity index is 1.63. The molecule has 1 aromatic carbocycles. The highest BCUT2D eigenvalue weighted by molar-refractivity contribution is 9.10. The van der Waals surface area contributed by atoms with Gasteiger partial charge in [-0.3, -0.25) is 4.79 Å². The van der Waals surface area contributed by atoms with Crippen LogP contribution in [-0.2, 0) is 4.79 Å². The van der Waals surface area contributed by atoms with E-state index in [1.165, 1.54) is 0 Å². The van der Waals surface area contributed by atoms with Gasteiger partial charge in [0, 0.05) is 29.7 Å². The number of aryl methyl sites for hydroxylation is 1. The molecule has 138 valence electrons.